The van der Waals surface area contributed by atoms with Crippen LogP contribution in [0.15, 0.2) is 23.1 Å². The number of carbonyl (C=O) groups is 1. The molecule has 0 unspecified atom stereocenters. The molecule has 1 saturated heterocycles. The van der Waals surface area contributed by atoms with Crippen molar-refractivity contribution in [3.63, 3.8) is 0 Å². The fourth-order valence-corrected chi connectivity index (χ4v) is 4.47. The minimum absolute atomic E-state index is 0. The van der Waals surface area contributed by atoms with Crippen molar-refractivity contribution in [2.45, 2.75) is 25.7 Å². The monoisotopic (exact) mass is 375 g/mol. The molecule has 8 heteroatoms. The van der Waals surface area contributed by atoms with Crippen molar-refractivity contribution in [3.05, 3.63) is 29.3 Å². The first-order chi connectivity index (χ1) is 10.9. The van der Waals surface area contributed by atoms with E-state index in [2.05, 4.69) is 5.32 Å². The molecule has 6 nitrogen and oxygen atoms in total. The number of aryl methyl sites for hydroxylation is 1. The van der Waals surface area contributed by atoms with Crippen LogP contribution >= 0.6 is 12.4 Å². The summed E-state index contributed by atoms with van der Waals surface area (Å²) in [5.74, 6) is -0.109. The maximum atomic E-state index is 12.8. The molecular formula is C16H26ClN3O3S. The van der Waals surface area contributed by atoms with Crippen molar-refractivity contribution in [2.24, 2.45) is 0 Å². The summed E-state index contributed by atoms with van der Waals surface area (Å²) in [6.45, 7) is 9.02. The van der Waals surface area contributed by atoms with Crippen LogP contribution in [0.2, 0.25) is 0 Å². The highest BCUT2D eigenvalue weighted by Crippen LogP contribution is 2.22. The fourth-order valence-electron chi connectivity index (χ4n) is 2.76. The van der Waals surface area contributed by atoms with Gasteiger partial charge in [-0.05, 0) is 24.6 Å². The Hall–Kier alpha value is -1.15. The number of hydrogen-bond acceptors (Lipinski definition) is 4. The van der Waals surface area contributed by atoms with Gasteiger partial charge in [-0.1, -0.05) is 19.9 Å². The Kier molecular flexibility index (Phi) is 7.66. The van der Waals surface area contributed by atoms with E-state index in [1.54, 1.807) is 24.0 Å². The van der Waals surface area contributed by atoms with Gasteiger partial charge in [0.1, 0.15) is 0 Å². The van der Waals surface area contributed by atoms with Crippen molar-refractivity contribution in [2.75, 3.05) is 39.3 Å². The molecule has 0 saturated carbocycles. The van der Waals surface area contributed by atoms with Gasteiger partial charge in [0.2, 0.25) is 10.0 Å². The van der Waals surface area contributed by atoms with Crippen LogP contribution in [0.5, 0.6) is 0 Å². The van der Waals surface area contributed by atoms with Gasteiger partial charge >= 0.3 is 0 Å². The highest BCUT2D eigenvalue weighted by molar-refractivity contribution is 7.89. The number of nitrogens with one attached hydrogen (secondary N) is 1. The lowest BCUT2D eigenvalue weighted by molar-refractivity contribution is 0.0735. The number of amides is 1. The molecule has 0 radical (unpaired) electrons. The van der Waals surface area contributed by atoms with E-state index >= 15 is 0 Å². The van der Waals surface area contributed by atoms with Crippen LogP contribution in [-0.4, -0.2) is 62.8 Å². The molecule has 136 valence electrons. The minimum Gasteiger partial charge on any atom is -0.336 e. The van der Waals surface area contributed by atoms with Gasteiger partial charge in [0.25, 0.3) is 5.91 Å². The lowest BCUT2D eigenvalue weighted by Crippen LogP contribution is -2.46. The van der Waals surface area contributed by atoms with E-state index in [1.165, 1.54) is 10.4 Å². The Morgan fingerprint density at radius 1 is 1.21 bits per heavy atom. The smallest absolute Gasteiger partial charge is 0.253 e. The van der Waals surface area contributed by atoms with Crippen LogP contribution in [0.25, 0.3) is 0 Å². The van der Waals surface area contributed by atoms with Gasteiger partial charge < -0.3 is 10.2 Å². The van der Waals surface area contributed by atoms with Gasteiger partial charge in [-0.2, -0.15) is 4.31 Å². The quantitative estimate of drug-likeness (QED) is 0.846. The zero-order valence-electron chi connectivity index (χ0n) is 14.4. The van der Waals surface area contributed by atoms with Gasteiger partial charge in [-0.3, -0.25) is 4.79 Å². The Labute approximate surface area is 150 Å². The molecular weight excluding hydrogens is 350 g/mol. The number of piperazine rings is 1. The van der Waals surface area contributed by atoms with Gasteiger partial charge in [0.05, 0.1) is 4.90 Å². The SMILES string of the molecule is CCN(CC)S(=O)(=O)c1cc(C(=O)N2CCNCC2)ccc1C.Cl. The molecule has 1 aliphatic heterocycles. The van der Waals surface area contributed by atoms with E-state index < -0.39 is 10.0 Å². The average Bonchev–Trinajstić information content (AvgIpc) is 2.56. The van der Waals surface area contributed by atoms with Crippen LogP contribution in [0.4, 0.5) is 0 Å². The summed E-state index contributed by atoms with van der Waals surface area (Å²) in [5.41, 5.74) is 1.09. The molecule has 1 aromatic carbocycles. The second-order valence-corrected chi connectivity index (χ2v) is 7.52. The summed E-state index contributed by atoms with van der Waals surface area (Å²) in [4.78, 5) is 14.6. The lowest BCUT2D eigenvalue weighted by Gasteiger charge is -2.28. The molecule has 1 fully saturated rings. The molecule has 0 bridgehead atoms. The molecule has 1 N–H and O–H groups in total. The predicted octanol–water partition coefficient (Wildman–Crippen LogP) is 1.49. The molecule has 2 rings (SSSR count). The van der Waals surface area contributed by atoms with Gasteiger partial charge in [0.15, 0.2) is 0 Å². The predicted molar refractivity (Wildman–Crippen MR) is 97.3 cm³/mol. The number of halogens is 1. The van der Waals surface area contributed by atoms with E-state index in [0.29, 0.717) is 37.3 Å². The van der Waals surface area contributed by atoms with Crippen LogP contribution in [-0.2, 0) is 10.0 Å². The molecule has 1 aromatic rings. The number of sulfonamides is 1. The number of rotatable bonds is 5. The first-order valence-electron chi connectivity index (χ1n) is 8.02. The summed E-state index contributed by atoms with van der Waals surface area (Å²) >= 11 is 0. The minimum atomic E-state index is -3.57. The Balaban J connectivity index is 0.00000288. The van der Waals surface area contributed by atoms with E-state index in [0.717, 1.165) is 13.1 Å². The largest absolute Gasteiger partial charge is 0.336 e. The summed E-state index contributed by atoms with van der Waals surface area (Å²) < 4.78 is 26.9. The molecule has 0 atom stereocenters. The maximum absolute atomic E-state index is 12.8. The summed E-state index contributed by atoms with van der Waals surface area (Å²) in [5, 5.41) is 3.20. The molecule has 0 spiro atoms. The van der Waals surface area contributed by atoms with E-state index in [-0.39, 0.29) is 23.2 Å². The lowest BCUT2D eigenvalue weighted by atomic mass is 10.1. The third-order valence-electron chi connectivity index (χ3n) is 4.16. The first kappa shape index (κ1) is 20.9. The van der Waals surface area contributed by atoms with Crippen molar-refractivity contribution in [1.82, 2.24) is 14.5 Å². The topological polar surface area (TPSA) is 69.7 Å². The van der Waals surface area contributed by atoms with E-state index in [9.17, 15) is 13.2 Å². The van der Waals surface area contributed by atoms with Crippen molar-refractivity contribution < 1.29 is 13.2 Å². The summed E-state index contributed by atoms with van der Waals surface area (Å²) in [6.07, 6.45) is 0. The van der Waals surface area contributed by atoms with Crippen LogP contribution < -0.4 is 5.32 Å². The third-order valence-corrected chi connectivity index (χ3v) is 6.35. The van der Waals surface area contributed by atoms with Gasteiger partial charge in [-0.15, -0.1) is 12.4 Å². The normalized spacial score (nSPS) is 15.2. The first-order valence-corrected chi connectivity index (χ1v) is 9.46. The molecule has 1 aliphatic rings. The van der Waals surface area contributed by atoms with Crippen molar-refractivity contribution in [3.8, 4) is 0 Å². The fraction of sp³-hybridized carbons (Fsp3) is 0.562. The molecule has 1 heterocycles. The van der Waals surface area contributed by atoms with Crippen LogP contribution in [0, 0.1) is 6.92 Å². The van der Waals surface area contributed by atoms with Crippen LogP contribution in [0.1, 0.15) is 29.8 Å². The number of hydrogen-bond donors (Lipinski definition) is 1. The van der Waals surface area contributed by atoms with Crippen molar-refractivity contribution in [1.29, 1.82) is 0 Å². The second-order valence-electron chi connectivity index (χ2n) is 5.61. The standard InChI is InChI=1S/C16H25N3O3S.ClH/c1-4-19(5-2)23(21,22)15-12-14(7-6-13(15)3)16(20)18-10-8-17-9-11-18;/h6-7,12,17H,4-5,8-11H2,1-3H3;1H. The molecule has 1 amide bonds. The Morgan fingerprint density at radius 2 is 1.79 bits per heavy atom. The summed E-state index contributed by atoms with van der Waals surface area (Å²) in [6, 6.07) is 4.94. The molecule has 0 aromatic heterocycles. The third kappa shape index (κ3) is 4.27. The number of benzene rings is 1. The second kappa shape index (κ2) is 8.80. The number of carbonyl (C=O) groups excluding carboxylic acids is 1. The molecule has 0 aliphatic carbocycles. The van der Waals surface area contributed by atoms with E-state index in [1.807, 2.05) is 13.8 Å². The average molecular weight is 376 g/mol. The molecule has 24 heavy (non-hydrogen) atoms. The van der Waals surface area contributed by atoms with E-state index in [4.69, 9.17) is 0 Å². The highest BCUT2D eigenvalue weighted by Gasteiger charge is 2.26. The number of nitrogens with zero attached hydrogens (tertiary/aromatic N) is 2. The maximum Gasteiger partial charge on any atom is 0.253 e. The Morgan fingerprint density at radius 3 is 2.33 bits per heavy atom. The zero-order chi connectivity index (χ0) is 17.0. The van der Waals surface area contributed by atoms with Crippen molar-refractivity contribution >= 4 is 28.3 Å². The summed E-state index contributed by atoms with van der Waals surface area (Å²) in [7, 11) is -3.57. The Bertz CT molecular complexity index is 669. The van der Waals surface area contributed by atoms with Gasteiger partial charge in [0, 0.05) is 44.8 Å². The van der Waals surface area contributed by atoms with Crippen LogP contribution in [0.3, 0.4) is 0 Å². The van der Waals surface area contributed by atoms with Gasteiger partial charge in [-0.25, -0.2) is 8.42 Å². The zero-order valence-corrected chi connectivity index (χ0v) is 16.0. The highest BCUT2D eigenvalue weighted by atomic mass is 35.5.